The van der Waals surface area contributed by atoms with Gasteiger partial charge in [0.25, 0.3) is 0 Å². The number of carbonyl (C=O) groups is 1. The largest absolute Gasteiger partial charge is 0.338 e. The van der Waals surface area contributed by atoms with Gasteiger partial charge in [0, 0.05) is 6.42 Å². The fourth-order valence-corrected chi connectivity index (χ4v) is 2.87. The molecule has 0 spiro atoms. The van der Waals surface area contributed by atoms with Crippen LogP contribution in [-0.2, 0) is 4.79 Å². The van der Waals surface area contributed by atoms with E-state index in [1.54, 1.807) is 0 Å². The smallest absolute Gasteiger partial charge is 0.221 e. The molecule has 3 heteroatoms. The molecule has 3 nitrogen and oxygen atoms in total. The van der Waals surface area contributed by atoms with E-state index >= 15 is 0 Å². The number of nitrogens with one attached hydrogen (secondary N) is 1. The zero-order valence-electron chi connectivity index (χ0n) is 10.5. The number of nitriles is 1. The lowest BCUT2D eigenvalue weighted by Gasteiger charge is -2.29. The topological polar surface area (TPSA) is 52.9 Å². The SMILES string of the molecule is N#CC1(NC(=O)CC2CCC2)CCCCCC1. The van der Waals surface area contributed by atoms with Crippen LogP contribution in [0.5, 0.6) is 0 Å². The summed E-state index contributed by atoms with van der Waals surface area (Å²) in [5, 5.41) is 12.4. The number of hydrogen-bond acceptors (Lipinski definition) is 2. The molecular weight excluding hydrogens is 212 g/mol. The van der Waals surface area contributed by atoms with Gasteiger partial charge in [0.15, 0.2) is 0 Å². The molecule has 0 bridgehead atoms. The average molecular weight is 234 g/mol. The first kappa shape index (κ1) is 12.4. The number of amides is 1. The van der Waals surface area contributed by atoms with E-state index in [1.807, 2.05) is 0 Å². The van der Waals surface area contributed by atoms with Gasteiger partial charge in [-0.2, -0.15) is 5.26 Å². The van der Waals surface area contributed by atoms with Crippen molar-refractivity contribution < 1.29 is 4.79 Å². The summed E-state index contributed by atoms with van der Waals surface area (Å²) in [4.78, 5) is 11.9. The molecule has 1 N–H and O–H groups in total. The van der Waals surface area contributed by atoms with Gasteiger partial charge in [0.05, 0.1) is 6.07 Å². The minimum absolute atomic E-state index is 0.0955. The second-order valence-electron chi connectivity index (χ2n) is 5.66. The number of rotatable bonds is 3. The Balaban J connectivity index is 1.88. The normalized spacial score (nSPS) is 24.2. The highest BCUT2D eigenvalue weighted by Crippen LogP contribution is 2.31. The summed E-state index contributed by atoms with van der Waals surface area (Å²) in [6, 6.07) is 2.37. The van der Waals surface area contributed by atoms with Crippen LogP contribution in [0.15, 0.2) is 0 Å². The summed E-state index contributed by atoms with van der Waals surface area (Å²) >= 11 is 0. The lowest BCUT2D eigenvalue weighted by atomic mass is 9.82. The standard InChI is InChI=1S/C14H22N2O/c15-11-14(8-3-1-2-4-9-14)16-13(17)10-12-6-5-7-12/h12H,1-10H2,(H,16,17). The van der Waals surface area contributed by atoms with Gasteiger partial charge in [-0.25, -0.2) is 0 Å². The molecule has 2 saturated carbocycles. The Morgan fingerprint density at radius 3 is 2.29 bits per heavy atom. The molecule has 0 saturated heterocycles. The summed E-state index contributed by atoms with van der Waals surface area (Å²) in [5.41, 5.74) is -0.558. The van der Waals surface area contributed by atoms with Crippen molar-refractivity contribution in [1.82, 2.24) is 5.32 Å². The molecule has 2 fully saturated rings. The Hall–Kier alpha value is -1.04. The predicted octanol–water partition coefficient (Wildman–Crippen LogP) is 2.91. The van der Waals surface area contributed by atoms with Crippen LogP contribution in [0.3, 0.4) is 0 Å². The van der Waals surface area contributed by atoms with Gasteiger partial charge >= 0.3 is 0 Å². The number of carbonyl (C=O) groups excluding carboxylic acids is 1. The molecule has 2 aliphatic rings. The third-order valence-corrected chi connectivity index (χ3v) is 4.25. The first-order valence-corrected chi connectivity index (χ1v) is 6.96. The Morgan fingerprint density at radius 1 is 1.18 bits per heavy atom. The predicted molar refractivity (Wildman–Crippen MR) is 66.1 cm³/mol. The van der Waals surface area contributed by atoms with Crippen molar-refractivity contribution in [1.29, 1.82) is 5.26 Å². The molecule has 2 rings (SSSR count). The fraction of sp³-hybridized carbons (Fsp3) is 0.857. The van der Waals surface area contributed by atoms with Crippen molar-refractivity contribution in [2.45, 2.75) is 69.7 Å². The summed E-state index contributed by atoms with van der Waals surface area (Å²) in [7, 11) is 0. The van der Waals surface area contributed by atoms with Gasteiger partial charge in [-0.3, -0.25) is 4.79 Å². The molecule has 1 amide bonds. The van der Waals surface area contributed by atoms with Gasteiger partial charge in [0.1, 0.15) is 5.54 Å². The monoisotopic (exact) mass is 234 g/mol. The average Bonchev–Trinajstić information content (AvgIpc) is 2.50. The molecule has 0 heterocycles. The molecule has 17 heavy (non-hydrogen) atoms. The van der Waals surface area contributed by atoms with E-state index in [4.69, 9.17) is 0 Å². The molecule has 0 aromatic heterocycles. The fourth-order valence-electron chi connectivity index (χ4n) is 2.87. The maximum atomic E-state index is 11.9. The summed E-state index contributed by atoms with van der Waals surface area (Å²) in [6.45, 7) is 0. The van der Waals surface area contributed by atoms with Crippen molar-refractivity contribution in [3.63, 3.8) is 0 Å². The van der Waals surface area contributed by atoms with Crippen LogP contribution in [-0.4, -0.2) is 11.4 Å². The Kier molecular flexibility index (Phi) is 4.04. The maximum absolute atomic E-state index is 11.9. The maximum Gasteiger partial charge on any atom is 0.221 e. The minimum Gasteiger partial charge on any atom is -0.338 e. The van der Waals surface area contributed by atoms with E-state index in [0.29, 0.717) is 12.3 Å². The lowest BCUT2D eigenvalue weighted by molar-refractivity contribution is -0.124. The number of nitrogens with zero attached hydrogens (tertiary/aromatic N) is 1. The van der Waals surface area contributed by atoms with E-state index in [1.165, 1.54) is 32.1 Å². The van der Waals surface area contributed by atoms with Crippen LogP contribution in [0.1, 0.15) is 64.2 Å². The second kappa shape index (κ2) is 5.53. The van der Waals surface area contributed by atoms with Gasteiger partial charge < -0.3 is 5.32 Å². The van der Waals surface area contributed by atoms with Crippen LogP contribution >= 0.6 is 0 Å². The van der Waals surface area contributed by atoms with E-state index in [9.17, 15) is 10.1 Å². The van der Waals surface area contributed by atoms with Crippen LogP contribution < -0.4 is 5.32 Å². The molecule has 2 aliphatic carbocycles. The molecule has 94 valence electrons. The van der Waals surface area contributed by atoms with E-state index < -0.39 is 5.54 Å². The first-order valence-electron chi connectivity index (χ1n) is 6.96. The summed E-state index contributed by atoms with van der Waals surface area (Å²) < 4.78 is 0. The van der Waals surface area contributed by atoms with Crippen LogP contribution in [0.4, 0.5) is 0 Å². The Labute approximate surface area is 104 Å². The first-order chi connectivity index (χ1) is 8.24. The quantitative estimate of drug-likeness (QED) is 0.763. The summed E-state index contributed by atoms with van der Waals surface area (Å²) in [6.07, 6.45) is 10.5. The van der Waals surface area contributed by atoms with E-state index in [0.717, 1.165) is 25.7 Å². The van der Waals surface area contributed by atoms with Crippen molar-refractivity contribution in [2.24, 2.45) is 5.92 Å². The van der Waals surface area contributed by atoms with E-state index in [-0.39, 0.29) is 5.91 Å². The molecule has 0 aromatic rings. The molecule has 0 atom stereocenters. The molecule has 0 radical (unpaired) electrons. The third-order valence-electron chi connectivity index (χ3n) is 4.25. The van der Waals surface area contributed by atoms with Crippen molar-refractivity contribution in [2.75, 3.05) is 0 Å². The van der Waals surface area contributed by atoms with Gasteiger partial charge in [0.2, 0.25) is 5.91 Å². The minimum atomic E-state index is -0.558. The highest BCUT2D eigenvalue weighted by Gasteiger charge is 2.33. The van der Waals surface area contributed by atoms with Crippen molar-refractivity contribution in [3.05, 3.63) is 0 Å². The highest BCUT2D eigenvalue weighted by molar-refractivity contribution is 5.77. The Morgan fingerprint density at radius 2 is 1.82 bits per heavy atom. The van der Waals surface area contributed by atoms with Gasteiger partial charge in [-0.15, -0.1) is 0 Å². The lowest BCUT2D eigenvalue weighted by Crippen LogP contribution is -2.47. The second-order valence-corrected chi connectivity index (χ2v) is 5.66. The zero-order chi connectivity index (χ0) is 12.1. The molecule has 0 aromatic carbocycles. The van der Waals surface area contributed by atoms with Crippen molar-refractivity contribution in [3.8, 4) is 6.07 Å². The highest BCUT2D eigenvalue weighted by atomic mass is 16.1. The van der Waals surface area contributed by atoms with Crippen LogP contribution in [0.25, 0.3) is 0 Å². The molecular formula is C14H22N2O. The van der Waals surface area contributed by atoms with Gasteiger partial charge in [-0.1, -0.05) is 32.1 Å². The van der Waals surface area contributed by atoms with E-state index in [2.05, 4.69) is 11.4 Å². The molecule has 0 aliphatic heterocycles. The summed E-state index contributed by atoms with van der Waals surface area (Å²) in [5.74, 6) is 0.676. The zero-order valence-corrected chi connectivity index (χ0v) is 10.5. The van der Waals surface area contributed by atoms with Crippen LogP contribution in [0.2, 0.25) is 0 Å². The van der Waals surface area contributed by atoms with Crippen molar-refractivity contribution >= 4 is 5.91 Å². The number of hydrogen-bond donors (Lipinski definition) is 1. The van der Waals surface area contributed by atoms with Gasteiger partial charge in [-0.05, 0) is 31.6 Å². The third kappa shape index (κ3) is 3.21. The van der Waals surface area contributed by atoms with Crippen LogP contribution in [0, 0.1) is 17.2 Å². The molecule has 0 unspecified atom stereocenters. The Bertz CT molecular complexity index is 307.